The van der Waals surface area contributed by atoms with E-state index in [1.54, 1.807) is 11.3 Å². The van der Waals surface area contributed by atoms with Crippen LogP contribution in [0, 0.1) is 6.92 Å². The highest BCUT2D eigenvalue weighted by Gasteiger charge is 2.13. The highest BCUT2D eigenvalue weighted by atomic mass is 32.1. The molecular formula is C18H24N2O2S. The second kappa shape index (κ2) is 8.67. The molecule has 4 nitrogen and oxygen atoms in total. The first-order chi connectivity index (χ1) is 11.1. The molecule has 23 heavy (non-hydrogen) atoms. The second-order valence-corrected chi connectivity index (χ2v) is 6.45. The standard InChI is InChI=1S/C18H24N2O2S/c1-4-10-20(18(21)5-2)11-15-13-23-17(19-15)12-22-16-8-6-14(3)7-9-16/h6-9,13H,4-5,10-12H2,1-3H3. The quantitative estimate of drug-likeness (QED) is 0.728. The lowest BCUT2D eigenvalue weighted by Crippen LogP contribution is -2.30. The van der Waals surface area contributed by atoms with Crippen LogP contribution in [0.2, 0.25) is 0 Å². The third-order valence-electron chi connectivity index (χ3n) is 3.48. The van der Waals surface area contributed by atoms with Gasteiger partial charge in [0.25, 0.3) is 0 Å². The summed E-state index contributed by atoms with van der Waals surface area (Å²) in [6.45, 7) is 7.85. The number of hydrogen-bond acceptors (Lipinski definition) is 4. The number of aryl methyl sites for hydroxylation is 1. The first kappa shape index (κ1) is 17.5. The fraction of sp³-hybridized carbons (Fsp3) is 0.444. The van der Waals surface area contributed by atoms with E-state index in [1.807, 2.05) is 41.5 Å². The molecule has 0 unspecified atom stereocenters. The normalized spacial score (nSPS) is 10.6. The van der Waals surface area contributed by atoms with E-state index in [0.717, 1.165) is 29.4 Å². The minimum Gasteiger partial charge on any atom is -0.486 e. The Morgan fingerprint density at radius 3 is 2.65 bits per heavy atom. The van der Waals surface area contributed by atoms with Gasteiger partial charge < -0.3 is 9.64 Å². The number of amides is 1. The van der Waals surface area contributed by atoms with Gasteiger partial charge in [0.05, 0.1) is 12.2 Å². The smallest absolute Gasteiger partial charge is 0.222 e. The molecule has 0 bridgehead atoms. The zero-order valence-corrected chi connectivity index (χ0v) is 14.9. The fourth-order valence-corrected chi connectivity index (χ4v) is 2.94. The van der Waals surface area contributed by atoms with Crippen LogP contribution in [0.4, 0.5) is 0 Å². The molecule has 5 heteroatoms. The van der Waals surface area contributed by atoms with Crippen molar-refractivity contribution < 1.29 is 9.53 Å². The molecule has 0 spiro atoms. The van der Waals surface area contributed by atoms with Gasteiger partial charge >= 0.3 is 0 Å². The van der Waals surface area contributed by atoms with Crippen molar-refractivity contribution in [3.05, 3.63) is 45.9 Å². The lowest BCUT2D eigenvalue weighted by Gasteiger charge is -2.20. The maximum absolute atomic E-state index is 11.9. The highest BCUT2D eigenvalue weighted by molar-refractivity contribution is 7.09. The Balaban J connectivity index is 1.91. The van der Waals surface area contributed by atoms with Crippen LogP contribution < -0.4 is 4.74 Å². The molecule has 0 saturated heterocycles. The Bertz CT molecular complexity index is 622. The Hall–Kier alpha value is -1.88. The summed E-state index contributed by atoms with van der Waals surface area (Å²) in [5, 5.41) is 2.94. The first-order valence-corrected chi connectivity index (χ1v) is 8.90. The second-order valence-electron chi connectivity index (χ2n) is 5.50. The SMILES string of the molecule is CCCN(Cc1csc(COc2ccc(C)cc2)n1)C(=O)CC. The lowest BCUT2D eigenvalue weighted by molar-refractivity contribution is -0.131. The van der Waals surface area contributed by atoms with Gasteiger partial charge in [0, 0.05) is 18.3 Å². The first-order valence-electron chi connectivity index (χ1n) is 8.02. The number of carbonyl (C=O) groups is 1. The largest absolute Gasteiger partial charge is 0.486 e. The average Bonchev–Trinajstić information content (AvgIpc) is 3.01. The minimum absolute atomic E-state index is 0.178. The van der Waals surface area contributed by atoms with Crippen LogP contribution in [-0.2, 0) is 17.9 Å². The molecular weight excluding hydrogens is 308 g/mol. The van der Waals surface area contributed by atoms with Gasteiger partial charge in [0.1, 0.15) is 17.4 Å². The highest BCUT2D eigenvalue weighted by Crippen LogP contribution is 2.17. The number of nitrogens with zero attached hydrogens (tertiary/aromatic N) is 2. The third-order valence-corrected chi connectivity index (χ3v) is 4.36. The molecule has 2 rings (SSSR count). The molecule has 0 fully saturated rings. The van der Waals surface area contributed by atoms with Crippen molar-refractivity contribution in [2.24, 2.45) is 0 Å². The molecule has 0 aliphatic heterocycles. The third kappa shape index (κ3) is 5.36. The average molecular weight is 332 g/mol. The van der Waals surface area contributed by atoms with Gasteiger partial charge in [-0.2, -0.15) is 0 Å². The monoisotopic (exact) mass is 332 g/mol. The van der Waals surface area contributed by atoms with Gasteiger partial charge in [0.15, 0.2) is 0 Å². The summed E-state index contributed by atoms with van der Waals surface area (Å²) in [6.07, 6.45) is 1.49. The van der Waals surface area contributed by atoms with Crippen LogP contribution in [-0.4, -0.2) is 22.3 Å². The van der Waals surface area contributed by atoms with Crippen LogP contribution in [0.3, 0.4) is 0 Å². The van der Waals surface area contributed by atoms with Gasteiger partial charge in [-0.05, 0) is 25.5 Å². The van der Waals surface area contributed by atoms with Gasteiger partial charge in [-0.1, -0.05) is 31.5 Å². The summed E-state index contributed by atoms with van der Waals surface area (Å²) >= 11 is 1.58. The molecule has 1 aromatic carbocycles. The molecule has 0 aliphatic carbocycles. The zero-order chi connectivity index (χ0) is 16.7. The van der Waals surface area contributed by atoms with Gasteiger partial charge in [-0.3, -0.25) is 4.79 Å². The molecule has 0 atom stereocenters. The minimum atomic E-state index is 0.178. The fourth-order valence-electron chi connectivity index (χ4n) is 2.25. The summed E-state index contributed by atoms with van der Waals surface area (Å²) in [4.78, 5) is 18.4. The van der Waals surface area contributed by atoms with Crippen molar-refractivity contribution in [3.63, 3.8) is 0 Å². The van der Waals surface area contributed by atoms with Gasteiger partial charge in [0.2, 0.25) is 5.91 Å². The van der Waals surface area contributed by atoms with Gasteiger partial charge in [-0.15, -0.1) is 11.3 Å². The Morgan fingerprint density at radius 2 is 2.00 bits per heavy atom. The van der Waals surface area contributed by atoms with Crippen LogP contribution in [0.5, 0.6) is 5.75 Å². The van der Waals surface area contributed by atoms with E-state index in [1.165, 1.54) is 5.56 Å². The van der Waals surface area contributed by atoms with Crippen molar-refractivity contribution in [2.75, 3.05) is 6.54 Å². The number of carbonyl (C=O) groups excluding carboxylic acids is 1. The molecule has 2 aromatic rings. The summed E-state index contributed by atoms with van der Waals surface area (Å²) in [5.74, 6) is 1.03. The summed E-state index contributed by atoms with van der Waals surface area (Å²) in [6, 6.07) is 7.99. The molecule has 1 aromatic heterocycles. The predicted octanol–water partition coefficient (Wildman–Crippen LogP) is 4.18. The summed E-state index contributed by atoms with van der Waals surface area (Å²) < 4.78 is 5.75. The van der Waals surface area contributed by atoms with Crippen molar-refractivity contribution >= 4 is 17.2 Å². The van der Waals surface area contributed by atoms with Crippen molar-refractivity contribution in [1.82, 2.24) is 9.88 Å². The van der Waals surface area contributed by atoms with E-state index >= 15 is 0 Å². The number of aromatic nitrogens is 1. The number of ether oxygens (including phenoxy) is 1. The number of thiazole rings is 1. The van der Waals surface area contributed by atoms with Crippen LogP contribution >= 0.6 is 11.3 Å². The predicted molar refractivity (Wildman–Crippen MR) is 93.6 cm³/mol. The molecule has 1 heterocycles. The maximum atomic E-state index is 11.9. The van der Waals surface area contributed by atoms with E-state index in [-0.39, 0.29) is 5.91 Å². The molecule has 0 saturated carbocycles. The van der Waals surface area contributed by atoms with Crippen LogP contribution in [0.1, 0.15) is 43.0 Å². The Labute approximate surface area is 142 Å². The molecule has 0 N–H and O–H groups in total. The number of hydrogen-bond donors (Lipinski definition) is 0. The van der Waals surface area contributed by atoms with E-state index in [2.05, 4.69) is 18.8 Å². The Kier molecular flexibility index (Phi) is 6.59. The van der Waals surface area contributed by atoms with Crippen LogP contribution in [0.25, 0.3) is 0 Å². The van der Waals surface area contributed by atoms with Crippen molar-refractivity contribution in [2.45, 2.75) is 46.8 Å². The molecule has 0 radical (unpaired) electrons. The maximum Gasteiger partial charge on any atom is 0.222 e. The van der Waals surface area contributed by atoms with Crippen LogP contribution in [0.15, 0.2) is 29.6 Å². The van der Waals surface area contributed by atoms with E-state index in [0.29, 0.717) is 19.6 Å². The number of benzene rings is 1. The molecule has 0 aliphatic rings. The van der Waals surface area contributed by atoms with Crippen molar-refractivity contribution in [1.29, 1.82) is 0 Å². The summed E-state index contributed by atoms with van der Waals surface area (Å²) in [7, 11) is 0. The zero-order valence-electron chi connectivity index (χ0n) is 14.0. The topological polar surface area (TPSA) is 42.4 Å². The van der Waals surface area contributed by atoms with E-state index in [4.69, 9.17) is 4.74 Å². The van der Waals surface area contributed by atoms with E-state index in [9.17, 15) is 4.79 Å². The van der Waals surface area contributed by atoms with Crippen molar-refractivity contribution in [3.8, 4) is 5.75 Å². The number of rotatable bonds is 8. The molecule has 124 valence electrons. The van der Waals surface area contributed by atoms with E-state index < -0.39 is 0 Å². The molecule has 1 amide bonds. The Morgan fingerprint density at radius 1 is 1.26 bits per heavy atom. The lowest BCUT2D eigenvalue weighted by atomic mass is 10.2. The summed E-state index contributed by atoms with van der Waals surface area (Å²) in [5.41, 5.74) is 2.15. The van der Waals surface area contributed by atoms with Gasteiger partial charge in [-0.25, -0.2) is 4.98 Å².